The second kappa shape index (κ2) is 3.02. The summed E-state index contributed by atoms with van der Waals surface area (Å²) in [6.45, 7) is 0. The number of rotatable bonds is 0. The van der Waals surface area contributed by atoms with Gasteiger partial charge in [-0.25, -0.2) is 0 Å². The molecule has 1 aliphatic carbocycles. The van der Waals surface area contributed by atoms with E-state index in [1.54, 1.807) is 6.07 Å². The monoisotopic (exact) mass is 192 g/mol. The van der Waals surface area contributed by atoms with Crippen LogP contribution in [0.2, 0.25) is 5.02 Å². The van der Waals surface area contributed by atoms with Crippen LogP contribution in [-0.2, 0) is 12.8 Å². The molecule has 1 unspecified atom stereocenters. The van der Waals surface area contributed by atoms with Crippen LogP contribution >= 0.6 is 11.6 Å². The van der Waals surface area contributed by atoms with Crippen LogP contribution < -0.4 is 5.73 Å². The normalized spacial score (nSPS) is 19.6. The Kier molecular flexibility index (Phi) is 1.99. The van der Waals surface area contributed by atoms with Crippen molar-refractivity contribution in [1.29, 1.82) is 5.26 Å². The van der Waals surface area contributed by atoms with Crippen molar-refractivity contribution in [2.75, 3.05) is 0 Å². The van der Waals surface area contributed by atoms with Crippen molar-refractivity contribution in [3.8, 4) is 6.07 Å². The summed E-state index contributed by atoms with van der Waals surface area (Å²) in [4.78, 5) is 0. The Labute approximate surface area is 81.9 Å². The molecule has 0 amide bonds. The molecule has 0 fully saturated rings. The average molecular weight is 193 g/mol. The molecule has 0 radical (unpaired) electrons. The van der Waals surface area contributed by atoms with Crippen LogP contribution in [0.15, 0.2) is 12.1 Å². The van der Waals surface area contributed by atoms with Crippen LogP contribution in [0.3, 0.4) is 0 Å². The number of hydrogen-bond acceptors (Lipinski definition) is 2. The van der Waals surface area contributed by atoms with E-state index in [2.05, 4.69) is 6.07 Å². The van der Waals surface area contributed by atoms with E-state index < -0.39 is 0 Å². The molecule has 0 heterocycles. The third-order valence-electron chi connectivity index (χ3n) is 2.38. The zero-order chi connectivity index (χ0) is 9.42. The maximum absolute atomic E-state index is 8.86. The fourth-order valence-electron chi connectivity index (χ4n) is 1.83. The van der Waals surface area contributed by atoms with Crippen molar-refractivity contribution in [3.05, 3.63) is 33.8 Å². The van der Waals surface area contributed by atoms with Crippen molar-refractivity contribution in [2.45, 2.75) is 18.9 Å². The molecule has 66 valence electrons. The average Bonchev–Trinajstić information content (AvgIpc) is 2.43. The maximum Gasteiger partial charge on any atom is 0.0995 e. The molecule has 2 rings (SSSR count). The van der Waals surface area contributed by atoms with Gasteiger partial charge < -0.3 is 5.73 Å². The van der Waals surface area contributed by atoms with Crippen LogP contribution in [-0.4, -0.2) is 6.04 Å². The molecule has 13 heavy (non-hydrogen) atoms. The molecule has 1 aromatic carbocycles. The van der Waals surface area contributed by atoms with Crippen LogP contribution in [0, 0.1) is 11.3 Å². The van der Waals surface area contributed by atoms with Gasteiger partial charge in [0, 0.05) is 11.1 Å². The van der Waals surface area contributed by atoms with Gasteiger partial charge in [0.05, 0.1) is 11.6 Å². The quantitative estimate of drug-likeness (QED) is 0.680. The molecule has 0 saturated heterocycles. The molecule has 1 aromatic rings. The number of nitrogens with zero attached hydrogens (tertiary/aromatic N) is 1. The highest BCUT2D eigenvalue weighted by Crippen LogP contribution is 2.27. The first kappa shape index (κ1) is 8.55. The van der Waals surface area contributed by atoms with Gasteiger partial charge in [-0.05, 0) is 36.1 Å². The van der Waals surface area contributed by atoms with Crippen LogP contribution in [0.25, 0.3) is 0 Å². The standard InChI is InChI=1S/C10H9ClN2/c11-8-1-6-3-9(13)4-10(6)7(2-8)5-12/h1-2,9H,3-4,13H2. The summed E-state index contributed by atoms with van der Waals surface area (Å²) in [6, 6.07) is 5.92. The largest absolute Gasteiger partial charge is 0.327 e. The fourth-order valence-corrected chi connectivity index (χ4v) is 2.07. The molecule has 2 nitrogen and oxygen atoms in total. The maximum atomic E-state index is 8.86. The predicted octanol–water partition coefficient (Wildman–Crippen LogP) is 1.64. The lowest BCUT2D eigenvalue weighted by molar-refractivity contribution is 0.721. The Morgan fingerprint density at radius 2 is 2.23 bits per heavy atom. The van der Waals surface area contributed by atoms with E-state index in [1.165, 1.54) is 0 Å². The van der Waals surface area contributed by atoms with Gasteiger partial charge in [-0.3, -0.25) is 0 Å². The molecule has 0 saturated carbocycles. The van der Waals surface area contributed by atoms with E-state index in [0.717, 1.165) is 24.0 Å². The first-order valence-electron chi connectivity index (χ1n) is 4.17. The van der Waals surface area contributed by atoms with E-state index in [4.69, 9.17) is 22.6 Å². The van der Waals surface area contributed by atoms with E-state index >= 15 is 0 Å². The summed E-state index contributed by atoms with van der Waals surface area (Å²) < 4.78 is 0. The summed E-state index contributed by atoms with van der Waals surface area (Å²) in [7, 11) is 0. The number of hydrogen-bond donors (Lipinski definition) is 1. The van der Waals surface area contributed by atoms with Gasteiger partial charge in [0.15, 0.2) is 0 Å². The molecule has 0 aliphatic heterocycles. The van der Waals surface area contributed by atoms with Crippen molar-refractivity contribution >= 4 is 11.6 Å². The molecular formula is C10H9ClN2. The molecule has 0 spiro atoms. The second-order valence-electron chi connectivity index (χ2n) is 3.37. The van der Waals surface area contributed by atoms with Crippen LogP contribution in [0.4, 0.5) is 0 Å². The molecule has 2 N–H and O–H groups in total. The Bertz CT molecular complexity index is 393. The first-order chi connectivity index (χ1) is 6.20. The Morgan fingerprint density at radius 3 is 2.92 bits per heavy atom. The van der Waals surface area contributed by atoms with Crippen LogP contribution in [0.5, 0.6) is 0 Å². The van der Waals surface area contributed by atoms with Crippen molar-refractivity contribution in [3.63, 3.8) is 0 Å². The Morgan fingerprint density at radius 1 is 1.46 bits per heavy atom. The van der Waals surface area contributed by atoms with E-state index in [9.17, 15) is 0 Å². The van der Waals surface area contributed by atoms with E-state index in [0.29, 0.717) is 10.6 Å². The van der Waals surface area contributed by atoms with Gasteiger partial charge in [-0.15, -0.1) is 0 Å². The highest BCUT2D eigenvalue weighted by atomic mass is 35.5. The smallest absolute Gasteiger partial charge is 0.0995 e. The number of nitrogens with two attached hydrogens (primary N) is 1. The fraction of sp³-hybridized carbons (Fsp3) is 0.300. The molecule has 1 atom stereocenters. The van der Waals surface area contributed by atoms with E-state index in [1.807, 2.05) is 6.07 Å². The van der Waals surface area contributed by atoms with Gasteiger partial charge >= 0.3 is 0 Å². The SMILES string of the molecule is N#Cc1cc(Cl)cc2c1CC(N)C2. The lowest BCUT2D eigenvalue weighted by atomic mass is 10.0. The Balaban J connectivity index is 2.58. The molecule has 1 aliphatic rings. The summed E-state index contributed by atoms with van der Waals surface area (Å²) in [5.74, 6) is 0. The minimum absolute atomic E-state index is 0.153. The first-order valence-corrected chi connectivity index (χ1v) is 4.55. The third-order valence-corrected chi connectivity index (χ3v) is 2.59. The third kappa shape index (κ3) is 1.41. The summed E-state index contributed by atoms with van der Waals surface area (Å²) in [5, 5.41) is 9.49. The van der Waals surface area contributed by atoms with Gasteiger partial charge in [0.2, 0.25) is 0 Å². The molecular weight excluding hydrogens is 184 g/mol. The van der Waals surface area contributed by atoms with Gasteiger partial charge in [-0.1, -0.05) is 11.6 Å². The second-order valence-corrected chi connectivity index (χ2v) is 3.81. The van der Waals surface area contributed by atoms with Gasteiger partial charge in [0.25, 0.3) is 0 Å². The van der Waals surface area contributed by atoms with Gasteiger partial charge in [0.1, 0.15) is 0 Å². The zero-order valence-corrected chi connectivity index (χ0v) is 7.80. The van der Waals surface area contributed by atoms with Crippen molar-refractivity contribution in [2.24, 2.45) is 5.73 Å². The van der Waals surface area contributed by atoms with E-state index in [-0.39, 0.29) is 6.04 Å². The molecule has 0 aromatic heterocycles. The summed E-state index contributed by atoms with van der Waals surface area (Å²) in [5.41, 5.74) is 8.70. The highest BCUT2D eigenvalue weighted by molar-refractivity contribution is 6.30. The predicted molar refractivity (Wildman–Crippen MR) is 51.6 cm³/mol. The Hall–Kier alpha value is -1.04. The van der Waals surface area contributed by atoms with Gasteiger partial charge in [-0.2, -0.15) is 5.26 Å². The zero-order valence-electron chi connectivity index (χ0n) is 7.05. The molecule has 3 heteroatoms. The number of halogens is 1. The minimum Gasteiger partial charge on any atom is -0.327 e. The number of benzene rings is 1. The number of nitriles is 1. The minimum atomic E-state index is 0.153. The summed E-state index contributed by atoms with van der Waals surface area (Å²) in [6.07, 6.45) is 1.64. The topological polar surface area (TPSA) is 49.8 Å². The molecule has 0 bridgehead atoms. The summed E-state index contributed by atoms with van der Waals surface area (Å²) >= 11 is 5.86. The van der Waals surface area contributed by atoms with Crippen LogP contribution in [0.1, 0.15) is 16.7 Å². The number of fused-ring (bicyclic) bond motifs is 1. The van der Waals surface area contributed by atoms with Crippen molar-refractivity contribution in [1.82, 2.24) is 0 Å². The highest BCUT2D eigenvalue weighted by Gasteiger charge is 2.21. The lowest BCUT2D eigenvalue weighted by Crippen LogP contribution is -2.19. The van der Waals surface area contributed by atoms with Crippen molar-refractivity contribution < 1.29 is 0 Å². The lowest BCUT2D eigenvalue weighted by Gasteiger charge is -2.01.